The monoisotopic (exact) mass is 296 g/mol. The molecule has 0 saturated carbocycles. The van der Waals surface area contributed by atoms with Gasteiger partial charge in [0.15, 0.2) is 0 Å². The van der Waals surface area contributed by atoms with Gasteiger partial charge in [-0.2, -0.15) is 0 Å². The number of nitro groups is 1. The summed E-state index contributed by atoms with van der Waals surface area (Å²) in [4.78, 5) is 10.2. The van der Waals surface area contributed by atoms with E-state index in [2.05, 4.69) is 5.32 Å². The fourth-order valence-corrected chi connectivity index (χ4v) is 2.52. The summed E-state index contributed by atoms with van der Waals surface area (Å²) >= 11 is 6.97. The van der Waals surface area contributed by atoms with Crippen molar-refractivity contribution in [2.75, 3.05) is 6.54 Å². The third kappa shape index (κ3) is 4.31. The van der Waals surface area contributed by atoms with Crippen molar-refractivity contribution >= 4 is 27.9 Å². The molecule has 0 atom stereocenters. The Morgan fingerprint density at radius 2 is 2.00 bits per heavy atom. The molecule has 1 aromatic carbocycles. The van der Waals surface area contributed by atoms with E-state index in [1.165, 1.54) is 5.56 Å². The molecule has 1 heterocycles. The summed E-state index contributed by atoms with van der Waals surface area (Å²) in [6, 6.07) is 9.36. The molecular formula is C13H13ClN2O2S. The van der Waals surface area contributed by atoms with Gasteiger partial charge in [-0.05, 0) is 36.2 Å². The Labute approximate surface area is 120 Å². The van der Waals surface area contributed by atoms with Gasteiger partial charge in [-0.15, -0.1) is 0 Å². The average molecular weight is 297 g/mol. The Kier molecular flexibility index (Phi) is 4.90. The fourth-order valence-electron chi connectivity index (χ4n) is 1.67. The molecule has 0 saturated heterocycles. The molecule has 1 N–H and O–H groups in total. The standard InChI is InChI=1S/C13H13ClN2O2S/c14-12-3-1-10(2-4-12)5-6-15-8-11-7-13(16(17)18)19-9-11/h1-4,7,9,15H,5-6,8H2. The van der Waals surface area contributed by atoms with Gasteiger partial charge < -0.3 is 5.32 Å². The van der Waals surface area contributed by atoms with Crippen LogP contribution in [0, 0.1) is 10.1 Å². The van der Waals surface area contributed by atoms with E-state index in [4.69, 9.17) is 11.6 Å². The first-order chi connectivity index (χ1) is 9.15. The lowest BCUT2D eigenvalue weighted by molar-refractivity contribution is -0.380. The highest BCUT2D eigenvalue weighted by atomic mass is 35.5. The molecule has 4 nitrogen and oxygen atoms in total. The van der Waals surface area contributed by atoms with Crippen LogP contribution in [0.4, 0.5) is 5.00 Å². The Morgan fingerprint density at radius 1 is 1.26 bits per heavy atom. The molecule has 100 valence electrons. The van der Waals surface area contributed by atoms with Gasteiger partial charge in [0.1, 0.15) is 0 Å². The zero-order valence-corrected chi connectivity index (χ0v) is 11.7. The number of rotatable bonds is 6. The lowest BCUT2D eigenvalue weighted by atomic mass is 10.1. The maximum atomic E-state index is 10.5. The molecule has 0 amide bonds. The van der Waals surface area contributed by atoms with Gasteiger partial charge in [0.05, 0.1) is 4.92 Å². The lowest BCUT2D eigenvalue weighted by Crippen LogP contribution is -2.16. The SMILES string of the molecule is O=[N+]([O-])c1cc(CNCCc2ccc(Cl)cc2)cs1. The number of benzene rings is 1. The van der Waals surface area contributed by atoms with Crippen LogP contribution in [0.15, 0.2) is 35.7 Å². The number of halogens is 1. The molecule has 0 radical (unpaired) electrons. The number of thiophene rings is 1. The Balaban J connectivity index is 1.74. The van der Waals surface area contributed by atoms with Crippen LogP contribution in [0.25, 0.3) is 0 Å². The van der Waals surface area contributed by atoms with Crippen molar-refractivity contribution in [2.24, 2.45) is 0 Å². The minimum Gasteiger partial charge on any atom is -0.312 e. The Bertz CT molecular complexity index is 554. The molecule has 19 heavy (non-hydrogen) atoms. The molecule has 0 fully saturated rings. The van der Waals surface area contributed by atoms with Crippen LogP contribution in [0.1, 0.15) is 11.1 Å². The second-order valence-electron chi connectivity index (χ2n) is 4.10. The molecule has 6 heteroatoms. The summed E-state index contributed by atoms with van der Waals surface area (Å²) in [7, 11) is 0. The van der Waals surface area contributed by atoms with Crippen molar-refractivity contribution in [3.63, 3.8) is 0 Å². The van der Waals surface area contributed by atoms with Crippen LogP contribution in [0.5, 0.6) is 0 Å². The maximum absolute atomic E-state index is 10.5. The summed E-state index contributed by atoms with van der Waals surface area (Å²) in [5.41, 5.74) is 2.17. The van der Waals surface area contributed by atoms with Gasteiger partial charge in [-0.1, -0.05) is 35.1 Å². The molecule has 0 aliphatic rings. The van der Waals surface area contributed by atoms with Gasteiger partial charge in [-0.25, -0.2) is 0 Å². The Hall–Kier alpha value is -1.43. The van der Waals surface area contributed by atoms with Crippen molar-refractivity contribution in [1.29, 1.82) is 0 Å². The second-order valence-corrected chi connectivity index (χ2v) is 5.43. The van der Waals surface area contributed by atoms with Crippen LogP contribution in [-0.4, -0.2) is 11.5 Å². The topological polar surface area (TPSA) is 55.2 Å². The van der Waals surface area contributed by atoms with E-state index < -0.39 is 0 Å². The Morgan fingerprint density at radius 3 is 2.63 bits per heavy atom. The first-order valence-corrected chi connectivity index (χ1v) is 7.08. The third-order valence-electron chi connectivity index (χ3n) is 2.65. The molecule has 0 spiro atoms. The molecule has 1 aromatic heterocycles. The van der Waals surface area contributed by atoms with Gasteiger partial charge in [0.25, 0.3) is 0 Å². The molecule has 0 aliphatic carbocycles. The van der Waals surface area contributed by atoms with E-state index in [0.29, 0.717) is 6.54 Å². The average Bonchev–Trinajstić information content (AvgIpc) is 2.86. The quantitative estimate of drug-likeness (QED) is 0.503. The zero-order valence-electron chi connectivity index (χ0n) is 10.1. The largest absolute Gasteiger partial charge is 0.324 e. The summed E-state index contributed by atoms with van der Waals surface area (Å²) in [5, 5.41) is 16.6. The van der Waals surface area contributed by atoms with Crippen molar-refractivity contribution in [3.8, 4) is 0 Å². The number of nitrogens with one attached hydrogen (secondary N) is 1. The molecule has 2 aromatic rings. The molecule has 0 unspecified atom stereocenters. The van der Waals surface area contributed by atoms with Crippen LogP contribution in [-0.2, 0) is 13.0 Å². The van der Waals surface area contributed by atoms with Gasteiger partial charge >= 0.3 is 5.00 Å². The smallest absolute Gasteiger partial charge is 0.312 e. The second kappa shape index (κ2) is 6.65. The first kappa shape index (κ1) is 14.0. The van der Waals surface area contributed by atoms with Gasteiger partial charge in [0, 0.05) is 23.0 Å². The van der Waals surface area contributed by atoms with Crippen molar-refractivity contribution in [1.82, 2.24) is 5.32 Å². The van der Waals surface area contributed by atoms with E-state index in [9.17, 15) is 10.1 Å². The highest BCUT2D eigenvalue weighted by molar-refractivity contribution is 7.13. The van der Waals surface area contributed by atoms with E-state index >= 15 is 0 Å². The van der Waals surface area contributed by atoms with Crippen molar-refractivity contribution in [2.45, 2.75) is 13.0 Å². The van der Waals surface area contributed by atoms with E-state index in [0.717, 1.165) is 34.9 Å². The highest BCUT2D eigenvalue weighted by Gasteiger charge is 2.08. The summed E-state index contributed by atoms with van der Waals surface area (Å²) < 4.78 is 0. The van der Waals surface area contributed by atoms with Crippen LogP contribution in [0.2, 0.25) is 5.02 Å². The fraction of sp³-hybridized carbons (Fsp3) is 0.231. The lowest BCUT2D eigenvalue weighted by Gasteiger charge is -2.03. The van der Waals surface area contributed by atoms with Crippen molar-refractivity contribution < 1.29 is 4.92 Å². The van der Waals surface area contributed by atoms with Crippen LogP contribution in [0.3, 0.4) is 0 Å². The molecule has 0 bridgehead atoms. The molecule has 2 rings (SSSR count). The minimum atomic E-state index is -0.359. The highest BCUT2D eigenvalue weighted by Crippen LogP contribution is 2.22. The van der Waals surface area contributed by atoms with Crippen LogP contribution >= 0.6 is 22.9 Å². The zero-order chi connectivity index (χ0) is 13.7. The van der Waals surface area contributed by atoms with E-state index in [-0.39, 0.29) is 9.92 Å². The normalized spacial score (nSPS) is 10.6. The third-order valence-corrected chi connectivity index (χ3v) is 3.83. The summed E-state index contributed by atoms with van der Waals surface area (Å²) in [6.07, 6.45) is 0.906. The summed E-state index contributed by atoms with van der Waals surface area (Å²) in [5.74, 6) is 0. The van der Waals surface area contributed by atoms with Gasteiger partial charge in [0.2, 0.25) is 0 Å². The molecule has 0 aliphatic heterocycles. The number of nitrogens with zero attached hydrogens (tertiary/aromatic N) is 1. The first-order valence-electron chi connectivity index (χ1n) is 5.82. The minimum absolute atomic E-state index is 0.189. The maximum Gasteiger partial charge on any atom is 0.324 e. The molecular weight excluding hydrogens is 284 g/mol. The predicted molar refractivity (Wildman–Crippen MR) is 77.8 cm³/mol. The summed E-state index contributed by atoms with van der Waals surface area (Å²) in [6.45, 7) is 1.48. The van der Waals surface area contributed by atoms with Crippen LogP contribution < -0.4 is 5.32 Å². The predicted octanol–water partition coefficient (Wildman–Crippen LogP) is 3.64. The number of hydrogen-bond donors (Lipinski definition) is 1. The van der Waals surface area contributed by atoms with E-state index in [1.54, 1.807) is 6.07 Å². The van der Waals surface area contributed by atoms with E-state index in [1.807, 2.05) is 29.6 Å². The number of hydrogen-bond acceptors (Lipinski definition) is 4. The van der Waals surface area contributed by atoms with Gasteiger partial charge in [-0.3, -0.25) is 10.1 Å². The van der Waals surface area contributed by atoms with Crippen molar-refractivity contribution in [3.05, 3.63) is 62.0 Å².